The molecule has 0 fully saturated rings. The number of carboxylic acid groups (broad SMARTS) is 1. The highest BCUT2D eigenvalue weighted by Gasteiger charge is 2.18. The molecule has 7 heteroatoms. The minimum absolute atomic E-state index is 0.0758. The maximum Gasteiger partial charge on any atom is 0.326 e. The van der Waals surface area contributed by atoms with Crippen LogP contribution in [0.4, 0.5) is 11.5 Å². The fourth-order valence-corrected chi connectivity index (χ4v) is 1.51. The van der Waals surface area contributed by atoms with E-state index in [9.17, 15) is 14.9 Å². The van der Waals surface area contributed by atoms with E-state index in [1.54, 1.807) is 6.92 Å². The van der Waals surface area contributed by atoms with E-state index in [-0.39, 0.29) is 11.5 Å². The van der Waals surface area contributed by atoms with Gasteiger partial charge in [0.15, 0.2) is 0 Å². The van der Waals surface area contributed by atoms with Crippen molar-refractivity contribution < 1.29 is 14.8 Å². The summed E-state index contributed by atoms with van der Waals surface area (Å²) < 4.78 is 0. The first-order valence-electron chi connectivity index (χ1n) is 5.56. The summed E-state index contributed by atoms with van der Waals surface area (Å²) in [5.41, 5.74) is 0.362. The fraction of sp³-hybridized carbons (Fsp3) is 0.455. The number of pyridine rings is 1. The molecular weight excluding hydrogens is 238 g/mol. The van der Waals surface area contributed by atoms with Gasteiger partial charge >= 0.3 is 5.97 Å². The first-order chi connectivity index (χ1) is 8.45. The molecule has 0 aliphatic carbocycles. The second kappa shape index (κ2) is 5.95. The molecule has 0 amide bonds. The first-order valence-corrected chi connectivity index (χ1v) is 5.56. The maximum atomic E-state index is 11.0. The van der Waals surface area contributed by atoms with Gasteiger partial charge in [-0.25, -0.2) is 9.78 Å². The summed E-state index contributed by atoms with van der Waals surface area (Å²) in [7, 11) is 0. The normalized spacial score (nSPS) is 11.9. The first kappa shape index (κ1) is 13.9. The standard InChI is InChI=1S/C11H15N3O4/c1-3-4-8(11(15)16)13-10-5-9(14(17)18)7(2)6-12-10/h5-6,8H,3-4H2,1-2H3,(H,12,13)(H,15,16). The lowest BCUT2D eigenvalue weighted by Gasteiger charge is -2.14. The number of hydrogen-bond acceptors (Lipinski definition) is 5. The van der Waals surface area contributed by atoms with Crippen LogP contribution < -0.4 is 5.32 Å². The minimum Gasteiger partial charge on any atom is -0.480 e. The van der Waals surface area contributed by atoms with Crippen LogP contribution in [0.1, 0.15) is 25.3 Å². The van der Waals surface area contributed by atoms with Gasteiger partial charge in [-0.3, -0.25) is 10.1 Å². The second-order valence-corrected chi connectivity index (χ2v) is 3.94. The Bertz CT molecular complexity index is 462. The van der Waals surface area contributed by atoms with Gasteiger partial charge in [0.25, 0.3) is 5.69 Å². The van der Waals surface area contributed by atoms with Crippen molar-refractivity contribution in [2.45, 2.75) is 32.7 Å². The van der Waals surface area contributed by atoms with E-state index in [1.807, 2.05) is 6.92 Å². The van der Waals surface area contributed by atoms with Gasteiger partial charge < -0.3 is 10.4 Å². The van der Waals surface area contributed by atoms with Crippen LogP contribution in [0.2, 0.25) is 0 Å². The summed E-state index contributed by atoms with van der Waals surface area (Å²) in [6, 6.07) is 0.464. The average molecular weight is 253 g/mol. The Kier molecular flexibility index (Phi) is 4.59. The van der Waals surface area contributed by atoms with Gasteiger partial charge in [-0.15, -0.1) is 0 Å². The number of carbonyl (C=O) groups is 1. The zero-order chi connectivity index (χ0) is 13.7. The van der Waals surface area contributed by atoms with Crippen LogP contribution >= 0.6 is 0 Å². The van der Waals surface area contributed by atoms with E-state index >= 15 is 0 Å². The van der Waals surface area contributed by atoms with Crippen molar-refractivity contribution >= 4 is 17.5 Å². The van der Waals surface area contributed by atoms with Gasteiger partial charge in [0, 0.05) is 11.8 Å². The summed E-state index contributed by atoms with van der Waals surface area (Å²) in [4.78, 5) is 25.1. The molecule has 1 heterocycles. The van der Waals surface area contributed by atoms with Crippen LogP contribution in [0.25, 0.3) is 0 Å². The highest BCUT2D eigenvalue weighted by Crippen LogP contribution is 2.20. The molecule has 7 nitrogen and oxygen atoms in total. The molecule has 98 valence electrons. The van der Waals surface area contributed by atoms with Crippen molar-refractivity contribution in [1.82, 2.24) is 4.98 Å². The predicted octanol–water partition coefficient (Wildman–Crippen LogP) is 1.96. The van der Waals surface area contributed by atoms with E-state index in [0.717, 1.165) is 0 Å². The Morgan fingerprint density at radius 2 is 2.33 bits per heavy atom. The Labute approximate surface area is 104 Å². The summed E-state index contributed by atoms with van der Waals surface area (Å²) in [6.07, 6.45) is 2.47. The van der Waals surface area contributed by atoms with Crippen LogP contribution in [0.3, 0.4) is 0 Å². The minimum atomic E-state index is -0.998. The number of anilines is 1. The maximum absolute atomic E-state index is 11.0. The van der Waals surface area contributed by atoms with E-state index in [2.05, 4.69) is 10.3 Å². The van der Waals surface area contributed by atoms with Crippen molar-refractivity contribution in [2.24, 2.45) is 0 Å². The van der Waals surface area contributed by atoms with Gasteiger partial charge in [0.05, 0.1) is 11.0 Å². The number of aliphatic carboxylic acids is 1. The largest absolute Gasteiger partial charge is 0.480 e. The lowest BCUT2D eigenvalue weighted by atomic mass is 10.1. The van der Waals surface area contributed by atoms with Crippen molar-refractivity contribution in [3.05, 3.63) is 27.9 Å². The van der Waals surface area contributed by atoms with E-state index in [0.29, 0.717) is 18.4 Å². The molecule has 2 N–H and O–H groups in total. The number of aromatic nitrogens is 1. The number of aryl methyl sites for hydroxylation is 1. The fourth-order valence-electron chi connectivity index (χ4n) is 1.51. The lowest BCUT2D eigenvalue weighted by molar-refractivity contribution is -0.385. The molecule has 1 rings (SSSR count). The van der Waals surface area contributed by atoms with E-state index < -0.39 is 16.9 Å². The molecule has 18 heavy (non-hydrogen) atoms. The highest BCUT2D eigenvalue weighted by atomic mass is 16.6. The van der Waals surface area contributed by atoms with Gasteiger partial charge in [-0.1, -0.05) is 13.3 Å². The molecule has 0 bridgehead atoms. The Morgan fingerprint density at radius 1 is 1.67 bits per heavy atom. The van der Waals surface area contributed by atoms with Crippen molar-refractivity contribution in [3.8, 4) is 0 Å². The number of nitro groups is 1. The number of nitrogens with one attached hydrogen (secondary N) is 1. The molecule has 1 aromatic rings. The molecule has 1 unspecified atom stereocenters. The topological polar surface area (TPSA) is 105 Å². The summed E-state index contributed by atoms with van der Waals surface area (Å²) >= 11 is 0. The van der Waals surface area contributed by atoms with Crippen LogP contribution in [0.5, 0.6) is 0 Å². The van der Waals surface area contributed by atoms with Crippen LogP contribution in [-0.2, 0) is 4.79 Å². The second-order valence-electron chi connectivity index (χ2n) is 3.94. The molecule has 0 aromatic carbocycles. The molecule has 0 aliphatic heterocycles. The Hall–Kier alpha value is -2.18. The average Bonchev–Trinajstić information content (AvgIpc) is 2.30. The zero-order valence-corrected chi connectivity index (χ0v) is 10.2. The van der Waals surface area contributed by atoms with Gasteiger partial charge in [0.2, 0.25) is 0 Å². The highest BCUT2D eigenvalue weighted by molar-refractivity contribution is 5.77. The molecular formula is C11H15N3O4. The Morgan fingerprint density at radius 3 is 2.83 bits per heavy atom. The van der Waals surface area contributed by atoms with Crippen LogP contribution in [-0.4, -0.2) is 27.0 Å². The molecule has 0 radical (unpaired) electrons. The smallest absolute Gasteiger partial charge is 0.326 e. The third-order valence-electron chi connectivity index (χ3n) is 2.47. The summed E-state index contributed by atoms with van der Waals surface area (Å²) in [5.74, 6) is -0.796. The molecule has 0 aliphatic rings. The predicted molar refractivity (Wildman–Crippen MR) is 65.6 cm³/mol. The number of hydrogen-bond donors (Lipinski definition) is 2. The SMILES string of the molecule is CCCC(Nc1cc([N+](=O)[O-])c(C)cn1)C(=O)O. The quantitative estimate of drug-likeness (QED) is 0.593. The number of nitrogens with zero attached hydrogens (tertiary/aromatic N) is 2. The van der Waals surface area contributed by atoms with Gasteiger partial charge in [0.1, 0.15) is 11.9 Å². The zero-order valence-electron chi connectivity index (χ0n) is 10.2. The van der Waals surface area contributed by atoms with Gasteiger partial charge in [-0.05, 0) is 13.3 Å². The van der Waals surface area contributed by atoms with Crippen LogP contribution in [0.15, 0.2) is 12.3 Å². The lowest BCUT2D eigenvalue weighted by Crippen LogP contribution is -2.29. The molecule has 0 spiro atoms. The Balaban J connectivity index is 2.93. The number of rotatable bonds is 6. The van der Waals surface area contributed by atoms with E-state index in [1.165, 1.54) is 12.3 Å². The van der Waals surface area contributed by atoms with Crippen molar-refractivity contribution in [1.29, 1.82) is 0 Å². The van der Waals surface area contributed by atoms with Crippen LogP contribution in [0, 0.1) is 17.0 Å². The third kappa shape index (κ3) is 3.41. The third-order valence-corrected chi connectivity index (χ3v) is 2.47. The van der Waals surface area contributed by atoms with E-state index in [4.69, 9.17) is 5.11 Å². The van der Waals surface area contributed by atoms with Crippen molar-refractivity contribution in [3.63, 3.8) is 0 Å². The number of carboxylic acids is 1. The molecule has 0 saturated heterocycles. The summed E-state index contributed by atoms with van der Waals surface area (Å²) in [5, 5.41) is 22.4. The monoisotopic (exact) mass is 253 g/mol. The molecule has 1 atom stereocenters. The molecule has 0 saturated carbocycles. The molecule has 1 aromatic heterocycles. The van der Waals surface area contributed by atoms with Crippen molar-refractivity contribution in [2.75, 3.05) is 5.32 Å². The van der Waals surface area contributed by atoms with Gasteiger partial charge in [-0.2, -0.15) is 0 Å². The summed E-state index contributed by atoms with van der Waals surface area (Å²) in [6.45, 7) is 3.44.